The Labute approximate surface area is 127 Å². The first-order valence-electron chi connectivity index (χ1n) is 7.90. The third-order valence-corrected chi connectivity index (χ3v) is 6.18. The van der Waals surface area contributed by atoms with Gasteiger partial charge in [-0.2, -0.15) is 0 Å². The van der Waals surface area contributed by atoms with Gasteiger partial charge >= 0.3 is 0 Å². The van der Waals surface area contributed by atoms with Gasteiger partial charge in [0, 0.05) is 26.2 Å². The van der Waals surface area contributed by atoms with Crippen LogP contribution < -0.4 is 5.32 Å². The van der Waals surface area contributed by atoms with Crippen molar-refractivity contribution in [2.45, 2.75) is 45.1 Å². The summed E-state index contributed by atoms with van der Waals surface area (Å²) in [5.41, 5.74) is 0. The van der Waals surface area contributed by atoms with Gasteiger partial charge in [-0.1, -0.05) is 6.92 Å². The molecule has 2 fully saturated rings. The van der Waals surface area contributed by atoms with Gasteiger partial charge in [0.05, 0.1) is 17.8 Å². The summed E-state index contributed by atoms with van der Waals surface area (Å²) in [6.07, 6.45) is 4.28. The van der Waals surface area contributed by atoms with Gasteiger partial charge < -0.3 is 10.1 Å². The van der Waals surface area contributed by atoms with Crippen molar-refractivity contribution >= 4 is 15.9 Å². The minimum absolute atomic E-state index is 0.0399. The predicted molar refractivity (Wildman–Crippen MR) is 80.4 cm³/mol. The first-order valence-corrected chi connectivity index (χ1v) is 9.51. The van der Waals surface area contributed by atoms with E-state index in [1.807, 2.05) is 6.92 Å². The van der Waals surface area contributed by atoms with Crippen LogP contribution in [0.2, 0.25) is 0 Å². The molecule has 0 aromatic heterocycles. The van der Waals surface area contributed by atoms with Crippen molar-refractivity contribution in [3.8, 4) is 0 Å². The van der Waals surface area contributed by atoms with Crippen molar-refractivity contribution in [3.05, 3.63) is 0 Å². The first kappa shape index (κ1) is 16.7. The quantitative estimate of drug-likeness (QED) is 0.783. The number of carbonyl (C=O) groups is 1. The van der Waals surface area contributed by atoms with Crippen molar-refractivity contribution in [2.24, 2.45) is 5.92 Å². The third-order valence-electron chi connectivity index (χ3n) is 4.14. The number of ether oxygens (including phenoxy) is 1. The van der Waals surface area contributed by atoms with Gasteiger partial charge in [0.2, 0.25) is 15.9 Å². The lowest BCUT2D eigenvalue weighted by Gasteiger charge is -2.31. The van der Waals surface area contributed by atoms with Crippen LogP contribution in [0.3, 0.4) is 0 Å². The number of nitrogens with zero attached hydrogens (tertiary/aromatic N) is 1. The summed E-state index contributed by atoms with van der Waals surface area (Å²) in [7, 11) is -3.20. The fourth-order valence-electron chi connectivity index (χ4n) is 2.96. The van der Waals surface area contributed by atoms with Crippen LogP contribution in [0.1, 0.15) is 39.0 Å². The highest BCUT2D eigenvalue weighted by Gasteiger charge is 2.32. The van der Waals surface area contributed by atoms with Gasteiger partial charge in [-0.3, -0.25) is 4.79 Å². The lowest BCUT2D eigenvalue weighted by molar-refractivity contribution is -0.126. The number of rotatable bonds is 6. The average molecular weight is 318 g/mol. The molecule has 6 nitrogen and oxygen atoms in total. The summed E-state index contributed by atoms with van der Waals surface area (Å²) in [6, 6.07) is 0. The molecule has 0 spiro atoms. The second kappa shape index (κ2) is 7.56. The maximum absolute atomic E-state index is 12.2. The molecule has 122 valence electrons. The fraction of sp³-hybridized carbons (Fsp3) is 0.929. The zero-order valence-corrected chi connectivity index (χ0v) is 13.5. The van der Waals surface area contributed by atoms with E-state index in [-0.39, 0.29) is 23.7 Å². The Morgan fingerprint density at radius 1 is 1.33 bits per heavy atom. The van der Waals surface area contributed by atoms with E-state index in [9.17, 15) is 13.2 Å². The molecular weight excluding hydrogens is 292 g/mol. The van der Waals surface area contributed by atoms with Gasteiger partial charge in [0.15, 0.2) is 0 Å². The molecule has 0 unspecified atom stereocenters. The summed E-state index contributed by atoms with van der Waals surface area (Å²) in [5.74, 6) is -0.106. The van der Waals surface area contributed by atoms with E-state index in [1.54, 1.807) is 0 Å². The van der Waals surface area contributed by atoms with Crippen molar-refractivity contribution in [3.63, 3.8) is 0 Å². The second-order valence-corrected chi connectivity index (χ2v) is 7.98. The Hall–Kier alpha value is -0.660. The molecule has 1 amide bonds. The number of carbonyl (C=O) groups excluding carboxylic acids is 1. The molecule has 2 rings (SSSR count). The molecule has 1 N–H and O–H groups in total. The highest BCUT2D eigenvalue weighted by molar-refractivity contribution is 7.89. The third kappa shape index (κ3) is 4.66. The minimum atomic E-state index is -3.20. The van der Waals surface area contributed by atoms with Crippen molar-refractivity contribution in [1.82, 2.24) is 9.62 Å². The Kier molecular flexibility index (Phi) is 6.01. The molecule has 21 heavy (non-hydrogen) atoms. The lowest BCUT2D eigenvalue weighted by atomic mass is 9.99. The number of hydrogen-bond acceptors (Lipinski definition) is 4. The SMILES string of the molecule is CCCS(=O)(=O)N1CCC[C@H](C(=O)NC[C@@H]2CCCO2)C1. The van der Waals surface area contributed by atoms with E-state index < -0.39 is 10.0 Å². The Bertz CT molecular complexity index is 446. The fourth-order valence-corrected chi connectivity index (χ4v) is 4.55. The van der Waals surface area contributed by atoms with E-state index in [2.05, 4.69) is 5.32 Å². The van der Waals surface area contributed by atoms with Crippen LogP contribution in [-0.4, -0.2) is 56.7 Å². The number of piperidine rings is 1. The van der Waals surface area contributed by atoms with Crippen LogP contribution in [0.15, 0.2) is 0 Å². The molecule has 2 aliphatic heterocycles. The second-order valence-electron chi connectivity index (χ2n) is 5.89. The van der Waals surface area contributed by atoms with E-state index in [0.29, 0.717) is 26.1 Å². The summed E-state index contributed by atoms with van der Waals surface area (Å²) < 4.78 is 31.1. The molecule has 2 aliphatic rings. The number of hydrogen-bond donors (Lipinski definition) is 1. The summed E-state index contributed by atoms with van der Waals surface area (Å²) in [4.78, 5) is 12.2. The molecule has 2 atom stereocenters. The maximum atomic E-state index is 12.2. The van der Waals surface area contributed by atoms with Gasteiger partial charge in [0.1, 0.15) is 0 Å². The van der Waals surface area contributed by atoms with Crippen molar-refractivity contribution in [2.75, 3.05) is 32.0 Å². The molecule has 0 saturated carbocycles. The normalized spacial score (nSPS) is 27.7. The van der Waals surface area contributed by atoms with Gasteiger partial charge in [0.25, 0.3) is 0 Å². The largest absolute Gasteiger partial charge is 0.376 e. The van der Waals surface area contributed by atoms with E-state index in [0.717, 1.165) is 32.3 Å². The molecular formula is C14H26N2O4S. The molecule has 0 aromatic carbocycles. The van der Waals surface area contributed by atoms with Crippen LogP contribution in [-0.2, 0) is 19.6 Å². The first-order chi connectivity index (χ1) is 10.0. The van der Waals surface area contributed by atoms with Gasteiger partial charge in [-0.05, 0) is 32.1 Å². The number of sulfonamides is 1. The molecule has 7 heteroatoms. The topological polar surface area (TPSA) is 75.7 Å². The molecule has 0 aliphatic carbocycles. The zero-order chi connectivity index (χ0) is 15.3. The number of amides is 1. The van der Waals surface area contributed by atoms with Crippen LogP contribution in [0, 0.1) is 5.92 Å². The van der Waals surface area contributed by atoms with E-state index in [1.165, 1.54) is 4.31 Å². The van der Waals surface area contributed by atoms with Crippen LogP contribution >= 0.6 is 0 Å². The smallest absolute Gasteiger partial charge is 0.224 e. The molecule has 2 saturated heterocycles. The van der Waals surface area contributed by atoms with E-state index >= 15 is 0 Å². The lowest BCUT2D eigenvalue weighted by Crippen LogP contribution is -2.47. The minimum Gasteiger partial charge on any atom is -0.376 e. The molecule has 0 aromatic rings. The predicted octanol–water partition coefficient (Wildman–Crippen LogP) is 0.733. The molecule has 2 heterocycles. The Morgan fingerprint density at radius 2 is 2.14 bits per heavy atom. The summed E-state index contributed by atoms with van der Waals surface area (Å²) >= 11 is 0. The van der Waals surface area contributed by atoms with Crippen LogP contribution in [0.5, 0.6) is 0 Å². The van der Waals surface area contributed by atoms with E-state index in [4.69, 9.17) is 4.74 Å². The number of nitrogens with one attached hydrogen (secondary N) is 1. The summed E-state index contributed by atoms with van der Waals surface area (Å²) in [6.45, 7) is 4.02. The van der Waals surface area contributed by atoms with Gasteiger partial charge in [-0.15, -0.1) is 0 Å². The summed E-state index contributed by atoms with van der Waals surface area (Å²) in [5, 5.41) is 2.91. The highest BCUT2D eigenvalue weighted by Crippen LogP contribution is 2.20. The monoisotopic (exact) mass is 318 g/mol. The Morgan fingerprint density at radius 3 is 2.81 bits per heavy atom. The molecule has 0 radical (unpaired) electrons. The van der Waals surface area contributed by atoms with Crippen LogP contribution in [0.25, 0.3) is 0 Å². The van der Waals surface area contributed by atoms with Crippen LogP contribution in [0.4, 0.5) is 0 Å². The zero-order valence-electron chi connectivity index (χ0n) is 12.7. The van der Waals surface area contributed by atoms with Crippen molar-refractivity contribution < 1.29 is 17.9 Å². The van der Waals surface area contributed by atoms with Gasteiger partial charge in [-0.25, -0.2) is 12.7 Å². The molecule has 0 bridgehead atoms. The van der Waals surface area contributed by atoms with Crippen molar-refractivity contribution in [1.29, 1.82) is 0 Å². The average Bonchev–Trinajstić information content (AvgIpc) is 2.98. The Balaban J connectivity index is 1.83. The standard InChI is InChI=1S/C14H26N2O4S/c1-2-9-21(18,19)16-7-3-5-12(11-16)14(17)15-10-13-6-4-8-20-13/h12-13H,2-11H2,1H3,(H,15,17)/t12-,13-/m0/s1. The maximum Gasteiger partial charge on any atom is 0.224 e. The highest BCUT2D eigenvalue weighted by atomic mass is 32.2.